The van der Waals surface area contributed by atoms with E-state index in [2.05, 4.69) is 5.32 Å². The van der Waals surface area contributed by atoms with Crippen LogP contribution in [0.15, 0.2) is 0 Å². The van der Waals surface area contributed by atoms with E-state index in [-0.39, 0.29) is 6.61 Å². The predicted octanol–water partition coefficient (Wildman–Crippen LogP) is -0.128. The van der Waals surface area contributed by atoms with Crippen LogP contribution < -0.4 is 5.32 Å². The lowest BCUT2D eigenvalue weighted by atomic mass is 9.92. The van der Waals surface area contributed by atoms with E-state index in [9.17, 15) is 5.11 Å². The first-order valence-corrected chi connectivity index (χ1v) is 4.21. The molecular formula is C8H17NO2. The second-order valence-corrected chi connectivity index (χ2v) is 3.66. The molecule has 0 amide bonds. The zero-order valence-electron chi connectivity index (χ0n) is 7.01. The topological polar surface area (TPSA) is 52.5 Å². The van der Waals surface area contributed by atoms with Gasteiger partial charge in [0.1, 0.15) is 0 Å². The molecule has 1 saturated carbocycles. The molecular weight excluding hydrogens is 142 g/mol. The van der Waals surface area contributed by atoms with Gasteiger partial charge in [-0.3, -0.25) is 0 Å². The fourth-order valence-electron chi connectivity index (χ4n) is 1.03. The van der Waals surface area contributed by atoms with Crippen molar-refractivity contribution in [2.24, 2.45) is 0 Å². The Hall–Kier alpha value is -0.120. The maximum absolute atomic E-state index is 9.38. The molecule has 1 aliphatic rings. The van der Waals surface area contributed by atoms with Crippen molar-refractivity contribution in [3.8, 4) is 0 Å². The van der Waals surface area contributed by atoms with Gasteiger partial charge in [0.05, 0.1) is 12.2 Å². The number of nitrogens with one attached hydrogen (secondary N) is 1. The number of aliphatic hydroxyl groups is 2. The third-order valence-electron chi connectivity index (χ3n) is 2.22. The van der Waals surface area contributed by atoms with Gasteiger partial charge in [-0.05, 0) is 19.8 Å². The molecule has 11 heavy (non-hydrogen) atoms. The van der Waals surface area contributed by atoms with Crippen LogP contribution in [0.4, 0.5) is 0 Å². The van der Waals surface area contributed by atoms with Gasteiger partial charge in [-0.25, -0.2) is 0 Å². The summed E-state index contributed by atoms with van der Waals surface area (Å²) in [5.74, 6) is 0. The Morgan fingerprint density at radius 1 is 1.55 bits per heavy atom. The van der Waals surface area contributed by atoms with Crippen molar-refractivity contribution in [3.63, 3.8) is 0 Å². The number of hydrogen-bond donors (Lipinski definition) is 3. The Morgan fingerprint density at radius 3 is 2.55 bits per heavy atom. The van der Waals surface area contributed by atoms with E-state index in [1.54, 1.807) is 6.92 Å². The van der Waals surface area contributed by atoms with E-state index < -0.39 is 5.60 Å². The lowest BCUT2D eigenvalue weighted by Gasteiger charge is -2.30. The Labute approximate surface area is 67.4 Å². The van der Waals surface area contributed by atoms with E-state index in [0.29, 0.717) is 12.6 Å². The van der Waals surface area contributed by atoms with Gasteiger partial charge in [0.15, 0.2) is 0 Å². The van der Waals surface area contributed by atoms with Crippen molar-refractivity contribution in [1.29, 1.82) is 0 Å². The molecule has 3 nitrogen and oxygen atoms in total. The smallest absolute Gasteiger partial charge is 0.0972 e. The van der Waals surface area contributed by atoms with Crippen LogP contribution in [0.25, 0.3) is 0 Å². The van der Waals surface area contributed by atoms with Crippen molar-refractivity contribution >= 4 is 0 Å². The molecule has 1 unspecified atom stereocenters. The minimum atomic E-state index is -0.949. The van der Waals surface area contributed by atoms with Crippen LogP contribution in [0, 0.1) is 0 Å². The largest absolute Gasteiger partial charge is 0.393 e. The molecule has 0 aromatic carbocycles. The molecule has 0 aromatic rings. The Kier molecular flexibility index (Phi) is 2.87. The number of hydrogen-bond acceptors (Lipinski definition) is 3. The van der Waals surface area contributed by atoms with Crippen LogP contribution >= 0.6 is 0 Å². The van der Waals surface area contributed by atoms with E-state index in [0.717, 1.165) is 0 Å². The van der Waals surface area contributed by atoms with Crippen molar-refractivity contribution in [3.05, 3.63) is 0 Å². The van der Waals surface area contributed by atoms with Crippen LogP contribution in [-0.4, -0.2) is 35.0 Å². The molecule has 1 atom stereocenters. The summed E-state index contributed by atoms with van der Waals surface area (Å²) in [4.78, 5) is 0. The summed E-state index contributed by atoms with van der Waals surface area (Å²) in [6.45, 7) is 1.96. The Balaban J connectivity index is 2.09. The predicted molar refractivity (Wildman–Crippen MR) is 43.4 cm³/mol. The molecule has 0 aliphatic heterocycles. The second-order valence-electron chi connectivity index (χ2n) is 3.66. The van der Waals surface area contributed by atoms with E-state index in [1.807, 2.05) is 0 Å². The first-order chi connectivity index (χ1) is 5.14. The molecule has 3 N–H and O–H groups in total. The third-order valence-corrected chi connectivity index (χ3v) is 2.22. The summed E-state index contributed by atoms with van der Waals surface area (Å²) in [6, 6.07) is 0.577. The fourth-order valence-corrected chi connectivity index (χ4v) is 1.03. The van der Waals surface area contributed by atoms with Gasteiger partial charge in [0.25, 0.3) is 0 Å². The zero-order chi connectivity index (χ0) is 8.32. The van der Waals surface area contributed by atoms with Gasteiger partial charge in [-0.1, -0.05) is 6.42 Å². The van der Waals surface area contributed by atoms with E-state index in [4.69, 9.17) is 5.11 Å². The van der Waals surface area contributed by atoms with E-state index in [1.165, 1.54) is 19.3 Å². The Bertz CT molecular complexity index is 121. The fraction of sp³-hybridized carbons (Fsp3) is 1.00. The second kappa shape index (κ2) is 3.52. The molecule has 0 spiro atoms. The maximum atomic E-state index is 9.38. The van der Waals surface area contributed by atoms with Crippen LogP contribution in [-0.2, 0) is 0 Å². The molecule has 1 fully saturated rings. The lowest BCUT2D eigenvalue weighted by Crippen LogP contribution is -2.46. The van der Waals surface area contributed by atoms with Crippen LogP contribution in [0.2, 0.25) is 0 Å². The van der Waals surface area contributed by atoms with Crippen molar-refractivity contribution in [1.82, 2.24) is 5.32 Å². The molecule has 1 aliphatic carbocycles. The number of aliphatic hydroxyl groups excluding tert-OH is 1. The third kappa shape index (κ3) is 2.77. The van der Waals surface area contributed by atoms with Gasteiger partial charge < -0.3 is 15.5 Å². The molecule has 0 aromatic heterocycles. The number of rotatable bonds is 4. The maximum Gasteiger partial charge on any atom is 0.0972 e. The van der Waals surface area contributed by atoms with Gasteiger partial charge in [-0.15, -0.1) is 0 Å². The monoisotopic (exact) mass is 159 g/mol. The van der Waals surface area contributed by atoms with E-state index >= 15 is 0 Å². The van der Waals surface area contributed by atoms with Gasteiger partial charge in [-0.2, -0.15) is 0 Å². The molecule has 66 valence electrons. The summed E-state index contributed by atoms with van der Waals surface area (Å²) >= 11 is 0. The molecule has 0 bridgehead atoms. The van der Waals surface area contributed by atoms with Crippen molar-refractivity contribution in [2.45, 2.75) is 37.8 Å². The standard InChI is InChI=1S/C8H17NO2/c1-8(11,6-10)5-9-7-3-2-4-7/h7,9-11H,2-6H2,1H3. The zero-order valence-corrected chi connectivity index (χ0v) is 7.01. The van der Waals surface area contributed by atoms with Gasteiger partial charge in [0, 0.05) is 12.6 Å². The highest BCUT2D eigenvalue weighted by Gasteiger charge is 2.23. The normalized spacial score (nSPS) is 24.3. The quantitative estimate of drug-likeness (QED) is 0.535. The minimum absolute atomic E-state index is 0.174. The molecule has 0 radical (unpaired) electrons. The first-order valence-electron chi connectivity index (χ1n) is 4.21. The minimum Gasteiger partial charge on any atom is -0.393 e. The van der Waals surface area contributed by atoms with Crippen molar-refractivity contribution in [2.75, 3.05) is 13.2 Å². The molecule has 3 heteroatoms. The Morgan fingerprint density at radius 2 is 2.18 bits per heavy atom. The highest BCUT2D eigenvalue weighted by Crippen LogP contribution is 2.18. The molecule has 0 saturated heterocycles. The van der Waals surface area contributed by atoms with Crippen LogP contribution in [0.3, 0.4) is 0 Å². The SMILES string of the molecule is CC(O)(CO)CNC1CCC1. The van der Waals surface area contributed by atoms with Crippen molar-refractivity contribution < 1.29 is 10.2 Å². The average molecular weight is 159 g/mol. The van der Waals surface area contributed by atoms with Gasteiger partial charge >= 0.3 is 0 Å². The summed E-state index contributed by atoms with van der Waals surface area (Å²) in [6.07, 6.45) is 3.71. The summed E-state index contributed by atoms with van der Waals surface area (Å²) in [5.41, 5.74) is -0.949. The summed E-state index contributed by atoms with van der Waals surface area (Å²) in [7, 11) is 0. The molecule has 0 heterocycles. The first kappa shape index (κ1) is 8.97. The van der Waals surface area contributed by atoms with Crippen LogP contribution in [0.1, 0.15) is 26.2 Å². The summed E-state index contributed by atoms with van der Waals surface area (Å²) in [5, 5.41) is 21.3. The molecule has 1 rings (SSSR count). The lowest BCUT2D eigenvalue weighted by molar-refractivity contribution is -0.00121. The van der Waals surface area contributed by atoms with Crippen LogP contribution in [0.5, 0.6) is 0 Å². The summed E-state index contributed by atoms with van der Waals surface area (Å²) < 4.78 is 0. The average Bonchev–Trinajstić information content (AvgIpc) is 1.84. The highest BCUT2D eigenvalue weighted by atomic mass is 16.3. The van der Waals surface area contributed by atoms with Gasteiger partial charge in [0.2, 0.25) is 0 Å². The highest BCUT2D eigenvalue weighted by molar-refractivity contribution is 4.81.